The Morgan fingerprint density at radius 1 is 1.32 bits per heavy atom. The Balaban J connectivity index is 2.26. The highest BCUT2D eigenvalue weighted by Crippen LogP contribution is 2.23. The second-order valence-corrected chi connectivity index (χ2v) is 4.58. The van der Waals surface area contributed by atoms with Crippen LogP contribution in [-0.2, 0) is 0 Å². The molecule has 4 nitrogen and oxygen atoms in total. The third-order valence-corrected chi connectivity index (χ3v) is 2.96. The molecule has 0 fully saturated rings. The third-order valence-electron chi connectivity index (χ3n) is 2.40. The van der Waals surface area contributed by atoms with Crippen LogP contribution in [0.2, 0.25) is 5.02 Å². The maximum Gasteiger partial charge on any atom is 0.274 e. The van der Waals surface area contributed by atoms with Gasteiger partial charge in [-0.05, 0) is 24.3 Å². The number of nitrogens with two attached hydrogens (primary N) is 1. The maximum absolute atomic E-state index is 12.0. The van der Waals surface area contributed by atoms with Crippen LogP contribution in [0.3, 0.4) is 0 Å². The average molecular weight is 292 g/mol. The first-order valence-corrected chi connectivity index (χ1v) is 6.18. The maximum atomic E-state index is 12.0. The van der Waals surface area contributed by atoms with Gasteiger partial charge in [-0.15, -0.1) is 0 Å². The molecule has 1 aromatic heterocycles. The van der Waals surface area contributed by atoms with E-state index in [1.54, 1.807) is 42.6 Å². The first-order chi connectivity index (χ1) is 9.08. The minimum atomic E-state index is -0.345. The number of nitrogens with one attached hydrogen (secondary N) is 1. The summed E-state index contributed by atoms with van der Waals surface area (Å²) in [6.45, 7) is 0. The Labute approximate surface area is 120 Å². The van der Waals surface area contributed by atoms with Crippen LogP contribution in [-0.4, -0.2) is 15.9 Å². The number of amides is 1. The Hall–Kier alpha value is -1.98. The van der Waals surface area contributed by atoms with E-state index in [9.17, 15) is 4.79 Å². The molecule has 1 heterocycles. The zero-order valence-electron chi connectivity index (χ0n) is 9.76. The molecule has 0 aliphatic heterocycles. The molecule has 0 unspecified atom stereocenters. The van der Waals surface area contributed by atoms with Crippen LogP contribution in [0.25, 0.3) is 0 Å². The van der Waals surface area contributed by atoms with E-state index in [2.05, 4.69) is 10.3 Å². The summed E-state index contributed by atoms with van der Waals surface area (Å²) in [6.07, 6.45) is 1.54. The van der Waals surface area contributed by atoms with E-state index in [0.29, 0.717) is 22.0 Å². The van der Waals surface area contributed by atoms with E-state index in [4.69, 9.17) is 29.6 Å². The molecular weight excluding hydrogens is 282 g/mol. The monoisotopic (exact) mass is 291 g/mol. The smallest absolute Gasteiger partial charge is 0.274 e. The fourth-order valence-electron chi connectivity index (χ4n) is 1.46. The van der Waals surface area contributed by atoms with Crippen molar-refractivity contribution in [3.8, 4) is 0 Å². The lowest BCUT2D eigenvalue weighted by Crippen LogP contribution is -2.15. The highest BCUT2D eigenvalue weighted by Gasteiger charge is 2.10. The molecule has 0 saturated carbocycles. The molecule has 0 bridgehead atoms. The van der Waals surface area contributed by atoms with Gasteiger partial charge >= 0.3 is 0 Å². The van der Waals surface area contributed by atoms with Crippen molar-refractivity contribution >= 4 is 40.4 Å². The van der Waals surface area contributed by atoms with Crippen molar-refractivity contribution in [3.05, 3.63) is 58.9 Å². The minimum absolute atomic E-state index is 0.241. The Bertz CT molecular complexity index is 631. The van der Waals surface area contributed by atoms with Crippen LogP contribution >= 0.6 is 23.8 Å². The van der Waals surface area contributed by atoms with Crippen LogP contribution in [0, 0.1) is 0 Å². The van der Waals surface area contributed by atoms with Gasteiger partial charge in [-0.3, -0.25) is 9.78 Å². The highest BCUT2D eigenvalue weighted by atomic mass is 35.5. The number of pyridine rings is 1. The fraction of sp³-hybridized carbons (Fsp3) is 0. The molecule has 1 amide bonds. The lowest BCUT2D eigenvalue weighted by atomic mass is 10.2. The molecular formula is C13H10ClN3OS. The predicted octanol–water partition coefficient (Wildman–Crippen LogP) is 2.62. The zero-order chi connectivity index (χ0) is 13.8. The molecule has 0 aliphatic carbocycles. The average Bonchev–Trinajstić information content (AvgIpc) is 2.42. The van der Waals surface area contributed by atoms with E-state index < -0.39 is 0 Å². The van der Waals surface area contributed by atoms with Gasteiger partial charge < -0.3 is 11.1 Å². The van der Waals surface area contributed by atoms with Gasteiger partial charge in [-0.25, -0.2) is 0 Å². The van der Waals surface area contributed by atoms with Crippen LogP contribution < -0.4 is 11.1 Å². The van der Waals surface area contributed by atoms with Gasteiger partial charge in [0, 0.05) is 11.8 Å². The van der Waals surface area contributed by atoms with Crippen LogP contribution in [0.4, 0.5) is 5.69 Å². The lowest BCUT2D eigenvalue weighted by Gasteiger charge is -2.08. The summed E-state index contributed by atoms with van der Waals surface area (Å²) in [5.74, 6) is -0.345. The van der Waals surface area contributed by atoms with Crippen molar-refractivity contribution in [3.63, 3.8) is 0 Å². The van der Waals surface area contributed by atoms with E-state index in [1.165, 1.54) is 0 Å². The molecule has 19 heavy (non-hydrogen) atoms. The molecule has 2 aromatic rings. The second kappa shape index (κ2) is 5.77. The number of benzene rings is 1. The summed E-state index contributed by atoms with van der Waals surface area (Å²) in [5, 5.41) is 3.08. The number of carbonyl (C=O) groups excluding carboxylic acids is 1. The van der Waals surface area contributed by atoms with E-state index in [0.717, 1.165) is 0 Å². The van der Waals surface area contributed by atoms with Crippen molar-refractivity contribution in [1.82, 2.24) is 4.98 Å². The number of hydrogen-bond acceptors (Lipinski definition) is 3. The summed E-state index contributed by atoms with van der Waals surface area (Å²) < 4.78 is 0. The quantitative estimate of drug-likeness (QED) is 0.853. The number of hydrogen-bond donors (Lipinski definition) is 2. The molecule has 2 rings (SSSR count). The molecule has 3 N–H and O–H groups in total. The summed E-state index contributed by atoms with van der Waals surface area (Å²) >= 11 is 10.9. The highest BCUT2D eigenvalue weighted by molar-refractivity contribution is 7.80. The largest absolute Gasteiger partial charge is 0.389 e. The molecule has 0 saturated heterocycles. The molecule has 1 aromatic carbocycles. The molecule has 96 valence electrons. The van der Waals surface area contributed by atoms with Gasteiger partial charge in [0.2, 0.25) is 0 Å². The van der Waals surface area contributed by atoms with Crippen LogP contribution in [0.1, 0.15) is 16.1 Å². The summed E-state index contributed by atoms with van der Waals surface area (Å²) in [4.78, 5) is 16.1. The van der Waals surface area contributed by atoms with Gasteiger partial charge in [0.05, 0.1) is 10.7 Å². The van der Waals surface area contributed by atoms with Crippen molar-refractivity contribution in [1.29, 1.82) is 0 Å². The normalized spacial score (nSPS) is 9.95. The lowest BCUT2D eigenvalue weighted by molar-refractivity contribution is 0.102. The molecule has 0 aliphatic rings. The van der Waals surface area contributed by atoms with Crippen molar-refractivity contribution < 1.29 is 4.79 Å². The van der Waals surface area contributed by atoms with Gasteiger partial charge in [0.1, 0.15) is 10.7 Å². The van der Waals surface area contributed by atoms with Crippen molar-refractivity contribution in [2.45, 2.75) is 0 Å². The number of nitrogens with zero attached hydrogens (tertiary/aromatic N) is 1. The summed E-state index contributed by atoms with van der Waals surface area (Å²) in [5.41, 5.74) is 6.92. The fourth-order valence-corrected chi connectivity index (χ4v) is 1.75. The topological polar surface area (TPSA) is 68.0 Å². The van der Waals surface area contributed by atoms with E-state index >= 15 is 0 Å². The second-order valence-electron chi connectivity index (χ2n) is 3.73. The molecule has 0 radical (unpaired) electrons. The van der Waals surface area contributed by atoms with Crippen LogP contribution in [0.5, 0.6) is 0 Å². The van der Waals surface area contributed by atoms with Crippen molar-refractivity contribution in [2.24, 2.45) is 5.73 Å². The van der Waals surface area contributed by atoms with Gasteiger partial charge in [-0.1, -0.05) is 36.0 Å². The number of carbonyl (C=O) groups is 1. The first kappa shape index (κ1) is 13.5. The van der Waals surface area contributed by atoms with Gasteiger partial charge in [0.15, 0.2) is 0 Å². The SMILES string of the molecule is NC(=S)c1ccc(Cl)c(NC(=O)c2ccccn2)c1. The number of halogens is 1. The molecule has 6 heteroatoms. The predicted molar refractivity (Wildman–Crippen MR) is 79.5 cm³/mol. The minimum Gasteiger partial charge on any atom is -0.389 e. The van der Waals surface area contributed by atoms with Crippen LogP contribution in [0.15, 0.2) is 42.6 Å². The number of anilines is 1. The number of thiocarbonyl (C=S) groups is 1. The Kier molecular flexibility index (Phi) is 4.09. The zero-order valence-corrected chi connectivity index (χ0v) is 11.3. The Morgan fingerprint density at radius 3 is 2.74 bits per heavy atom. The van der Waals surface area contributed by atoms with Gasteiger partial charge in [-0.2, -0.15) is 0 Å². The van der Waals surface area contributed by atoms with E-state index in [-0.39, 0.29) is 10.9 Å². The first-order valence-electron chi connectivity index (χ1n) is 5.39. The Morgan fingerprint density at radius 2 is 2.11 bits per heavy atom. The standard InChI is InChI=1S/C13H10ClN3OS/c14-9-5-4-8(12(15)19)7-11(9)17-13(18)10-3-1-2-6-16-10/h1-7H,(H2,15,19)(H,17,18). The summed E-state index contributed by atoms with van der Waals surface area (Å²) in [7, 11) is 0. The number of rotatable bonds is 3. The van der Waals surface area contributed by atoms with Crippen molar-refractivity contribution in [2.75, 3.05) is 5.32 Å². The molecule has 0 spiro atoms. The number of aromatic nitrogens is 1. The third kappa shape index (κ3) is 3.27. The molecule has 0 atom stereocenters. The van der Waals surface area contributed by atoms with Gasteiger partial charge in [0.25, 0.3) is 5.91 Å². The summed E-state index contributed by atoms with van der Waals surface area (Å²) in [6, 6.07) is 10.0. The van der Waals surface area contributed by atoms with E-state index in [1.807, 2.05) is 0 Å².